The first-order valence-electron chi connectivity index (χ1n) is 9.65. The summed E-state index contributed by atoms with van der Waals surface area (Å²) in [4.78, 5) is 11.3. The molecule has 1 saturated heterocycles. The van der Waals surface area contributed by atoms with Crippen molar-refractivity contribution in [1.82, 2.24) is 30.4 Å². The summed E-state index contributed by atoms with van der Waals surface area (Å²) in [6, 6.07) is 5.97. The van der Waals surface area contributed by atoms with Crippen LogP contribution in [0.15, 0.2) is 23.2 Å². The molecule has 1 aliphatic heterocycles. The largest absolute Gasteiger partial charge is 0.376 e. The lowest BCUT2D eigenvalue weighted by molar-refractivity contribution is 0.113. The van der Waals surface area contributed by atoms with Gasteiger partial charge in [-0.25, -0.2) is 9.98 Å². The summed E-state index contributed by atoms with van der Waals surface area (Å²) in [5.41, 5.74) is 0.916. The smallest absolute Gasteiger partial charge is 0.192 e. The van der Waals surface area contributed by atoms with Crippen LogP contribution in [0.25, 0.3) is 0 Å². The van der Waals surface area contributed by atoms with Gasteiger partial charge in [0.1, 0.15) is 11.6 Å². The Morgan fingerprint density at radius 1 is 1.31 bits per heavy atom. The number of rotatable bonds is 7. The summed E-state index contributed by atoms with van der Waals surface area (Å²) in [5.74, 6) is 3.38. The summed E-state index contributed by atoms with van der Waals surface area (Å²) in [7, 11) is 5.92. The van der Waals surface area contributed by atoms with Gasteiger partial charge in [0.05, 0.1) is 24.9 Å². The lowest BCUT2D eigenvalue weighted by Crippen LogP contribution is -2.41. The molecular weight excluding hydrogens is 483 g/mol. The van der Waals surface area contributed by atoms with Gasteiger partial charge < -0.3 is 24.8 Å². The zero-order valence-corrected chi connectivity index (χ0v) is 19.9. The molecule has 0 spiro atoms. The van der Waals surface area contributed by atoms with Crippen LogP contribution in [0.3, 0.4) is 0 Å². The maximum atomic E-state index is 5.70. The Balaban J connectivity index is 0.00000300. The van der Waals surface area contributed by atoms with Crippen molar-refractivity contribution in [1.29, 1.82) is 0 Å². The summed E-state index contributed by atoms with van der Waals surface area (Å²) in [5, 5.41) is 15.0. The Bertz CT molecular complexity index is 801. The number of ether oxygens (including phenoxy) is 1. The number of hydrogen-bond donors (Lipinski definition) is 2. The molecule has 1 fully saturated rings. The minimum absolute atomic E-state index is 0. The Morgan fingerprint density at radius 2 is 2.14 bits per heavy atom. The number of guanidine groups is 1. The molecule has 160 valence electrons. The first-order chi connectivity index (χ1) is 13.5. The number of nitrogens with one attached hydrogen (secondary N) is 2. The Morgan fingerprint density at radius 3 is 2.79 bits per heavy atom. The van der Waals surface area contributed by atoms with Crippen molar-refractivity contribution in [2.45, 2.75) is 39.0 Å². The van der Waals surface area contributed by atoms with E-state index in [1.54, 1.807) is 0 Å². The number of anilines is 1. The molecule has 1 unspecified atom stereocenters. The zero-order valence-electron chi connectivity index (χ0n) is 17.6. The quantitative estimate of drug-likeness (QED) is 0.330. The van der Waals surface area contributed by atoms with Crippen LogP contribution in [0.1, 0.15) is 30.2 Å². The standard InChI is InChI=1S/C19H30N8O.HI/c1-14-24-25-18(27(14)4)13-22-19(21-12-16-8-6-10-28-16)20-11-15-7-5-9-17(23-15)26(2)3;/h5,7,9,16H,6,8,10-13H2,1-4H3,(H2,20,21,22);1H. The van der Waals surface area contributed by atoms with Crippen LogP contribution in [0.2, 0.25) is 0 Å². The van der Waals surface area contributed by atoms with Crippen LogP contribution in [0, 0.1) is 6.92 Å². The fourth-order valence-electron chi connectivity index (χ4n) is 2.92. The van der Waals surface area contributed by atoms with Crippen molar-refractivity contribution in [3.05, 3.63) is 35.5 Å². The molecule has 9 nitrogen and oxygen atoms in total. The second-order valence-electron chi connectivity index (χ2n) is 7.14. The minimum atomic E-state index is 0. The van der Waals surface area contributed by atoms with E-state index >= 15 is 0 Å². The summed E-state index contributed by atoms with van der Waals surface area (Å²) in [6.45, 7) is 4.53. The maximum absolute atomic E-state index is 5.70. The van der Waals surface area contributed by atoms with Crippen LogP contribution >= 0.6 is 24.0 Å². The molecule has 0 amide bonds. The van der Waals surface area contributed by atoms with Crippen molar-refractivity contribution >= 4 is 35.8 Å². The molecule has 0 aliphatic carbocycles. The zero-order chi connectivity index (χ0) is 19.9. The predicted octanol–water partition coefficient (Wildman–Crippen LogP) is 1.62. The summed E-state index contributed by atoms with van der Waals surface area (Å²) >= 11 is 0. The Kier molecular flexibility index (Phi) is 9.08. The molecule has 0 radical (unpaired) electrons. The first-order valence-corrected chi connectivity index (χ1v) is 9.65. The van der Waals surface area contributed by atoms with Gasteiger partial charge in [-0.05, 0) is 31.9 Å². The SMILES string of the molecule is Cc1nnc(CNC(=NCc2cccc(N(C)C)n2)NCC2CCCO2)n1C.I. The third-order valence-electron chi connectivity index (χ3n) is 4.77. The van der Waals surface area contributed by atoms with Crippen molar-refractivity contribution in [2.75, 3.05) is 32.1 Å². The van der Waals surface area contributed by atoms with E-state index in [0.717, 1.165) is 49.2 Å². The first kappa shape index (κ1) is 23.3. The van der Waals surface area contributed by atoms with Gasteiger partial charge in [0.15, 0.2) is 11.8 Å². The second-order valence-corrected chi connectivity index (χ2v) is 7.14. The molecule has 10 heteroatoms. The van der Waals surface area contributed by atoms with E-state index in [4.69, 9.17) is 9.73 Å². The van der Waals surface area contributed by atoms with E-state index in [2.05, 4.69) is 25.8 Å². The minimum Gasteiger partial charge on any atom is -0.376 e. The number of pyridine rings is 1. The van der Waals surface area contributed by atoms with Gasteiger partial charge in [-0.3, -0.25) is 0 Å². The van der Waals surface area contributed by atoms with Crippen LogP contribution in [-0.4, -0.2) is 59.1 Å². The van der Waals surface area contributed by atoms with Crippen LogP contribution < -0.4 is 15.5 Å². The molecule has 2 aromatic heterocycles. The van der Waals surface area contributed by atoms with E-state index in [-0.39, 0.29) is 30.1 Å². The molecule has 1 atom stereocenters. The molecule has 3 heterocycles. The van der Waals surface area contributed by atoms with Gasteiger partial charge in [-0.15, -0.1) is 34.2 Å². The fourth-order valence-corrected chi connectivity index (χ4v) is 2.92. The van der Waals surface area contributed by atoms with Gasteiger partial charge in [-0.1, -0.05) is 6.07 Å². The highest BCUT2D eigenvalue weighted by atomic mass is 127. The molecule has 1 aliphatic rings. The summed E-state index contributed by atoms with van der Waals surface area (Å²) < 4.78 is 7.67. The number of halogens is 1. The fraction of sp³-hybridized carbons (Fsp3) is 0.579. The average molecular weight is 514 g/mol. The molecule has 2 N–H and O–H groups in total. The summed E-state index contributed by atoms with van der Waals surface area (Å²) in [6.07, 6.45) is 2.43. The van der Waals surface area contributed by atoms with Crippen molar-refractivity contribution in [3.63, 3.8) is 0 Å². The van der Waals surface area contributed by atoms with Gasteiger partial charge in [0, 0.05) is 34.3 Å². The molecular formula is C19H31IN8O. The third-order valence-corrected chi connectivity index (χ3v) is 4.77. The highest BCUT2D eigenvalue weighted by Crippen LogP contribution is 2.11. The lowest BCUT2D eigenvalue weighted by atomic mass is 10.2. The Hall–Kier alpha value is -1.95. The molecule has 2 aromatic rings. The second kappa shape index (κ2) is 11.3. The van der Waals surface area contributed by atoms with Crippen molar-refractivity contribution in [3.8, 4) is 0 Å². The van der Waals surface area contributed by atoms with Crippen LogP contribution in [0.5, 0.6) is 0 Å². The van der Waals surface area contributed by atoms with E-state index in [1.165, 1.54) is 0 Å². The number of aliphatic imine (C=N–C) groups is 1. The molecule has 3 rings (SSSR count). The van der Waals surface area contributed by atoms with Gasteiger partial charge >= 0.3 is 0 Å². The highest BCUT2D eigenvalue weighted by Gasteiger charge is 2.16. The normalized spacial score (nSPS) is 16.4. The molecule has 0 bridgehead atoms. The number of aryl methyl sites for hydroxylation is 1. The number of nitrogens with zero attached hydrogens (tertiary/aromatic N) is 6. The molecule has 0 aromatic carbocycles. The average Bonchev–Trinajstić information content (AvgIpc) is 3.32. The monoisotopic (exact) mass is 514 g/mol. The lowest BCUT2D eigenvalue weighted by Gasteiger charge is -2.16. The topological polar surface area (TPSA) is 92.5 Å². The van der Waals surface area contributed by atoms with Crippen LogP contribution in [0.4, 0.5) is 5.82 Å². The van der Waals surface area contributed by atoms with E-state index in [9.17, 15) is 0 Å². The van der Waals surface area contributed by atoms with E-state index in [1.807, 2.05) is 55.7 Å². The van der Waals surface area contributed by atoms with Crippen molar-refractivity contribution in [2.24, 2.45) is 12.0 Å². The Labute approximate surface area is 189 Å². The predicted molar refractivity (Wildman–Crippen MR) is 125 cm³/mol. The van der Waals surface area contributed by atoms with E-state index < -0.39 is 0 Å². The molecule has 29 heavy (non-hydrogen) atoms. The number of hydrogen-bond acceptors (Lipinski definition) is 6. The van der Waals surface area contributed by atoms with Gasteiger partial charge in [0.2, 0.25) is 0 Å². The number of aromatic nitrogens is 4. The van der Waals surface area contributed by atoms with Gasteiger partial charge in [-0.2, -0.15) is 0 Å². The maximum Gasteiger partial charge on any atom is 0.192 e. The third kappa shape index (κ3) is 6.81. The van der Waals surface area contributed by atoms with Gasteiger partial charge in [0.25, 0.3) is 0 Å². The van der Waals surface area contributed by atoms with E-state index in [0.29, 0.717) is 19.0 Å². The molecule has 0 saturated carbocycles. The highest BCUT2D eigenvalue weighted by molar-refractivity contribution is 14.0. The van der Waals surface area contributed by atoms with Crippen LogP contribution in [-0.2, 0) is 24.9 Å². The van der Waals surface area contributed by atoms with Crippen molar-refractivity contribution < 1.29 is 4.74 Å².